The first-order chi connectivity index (χ1) is 47.6. The van der Waals surface area contributed by atoms with Crippen LogP contribution in [0.25, 0.3) is 0 Å². The van der Waals surface area contributed by atoms with Crippen LogP contribution < -0.4 is 54.0 Å². The van der Waals surface area contributed by atoms with Crippen LogP contribution in [0.2, 0.25) is 0 Å². The number of hydrogen-bond donors (Lipinski definition) is 10. The molecular formula is C84H162N10O12. The van der Waals surface area contributed by atoms with E-state index >= 15 is 0 Å². The van der Waals surface area contributed by atoms with Crippen molar-refractivity contribution in [2.24, 2.45) is 91.3 Å². The highest BCUT2D eigenvalue weighted by molar-refractivity contribution is 5.95. The molecule has 0 aromatic rings. The molecule has 620 valence electrons. The van der Waals surface area contributed by atoms with Crippen LogP contribution in [0.3, 0.4) is 0 Å². The largest absolute Gasteiger partial charge is 0.356 e. The summed E-state index contributed by atoms with van der Waals surface area (Å²) in [5.74, 6) is 0.460. The number of ketones is 6. The van der Waals surface area contributed by atoms with Gasteiger partial charge in [-0.25, -0.2) is 9.59 Å². The number of urea groups is 2. The summed E-state index contributed by atoms with van der Waals surface area (Å²) in [4.78, 5) is 147. The molecule has 8 amide bonds. The molecule has 0 heterocycles. The van der Waals surface area contributed by atoms with Crippen molar-refractivity contribution in [3.05, 3.63) is 0 Å². The Kier molecular flexibility index (Phi) is 49.1. The predicted molar refractivity (Wildman–Crippen MR) is 434 cm³/mol. The molecule has 22 nitrogen and oxygen atoms in total. The van der Waals surface area contributed by atoms with Crippen molar-refractivity contribution >= 4 is 70.4 Å². The van der Waals surface area contributed by atoms with E-state index in [4.69, 9.17) is 11.5 Å². The lowest BCUT2D eigenvalue weighted by Gasteiger charge is -2.32. The van der Waals surface area contributed by atoms with Crippen molar-refractivity contribution in [3.63, 3.8) is 0 Å². The summed E-state index contributed by atoms with van der Waals surface area (Å²) in [5.41, 5.74) is 7.81. The third-order valence-electron chi connectivity index (χ3n) is 17.3. The lowest BCUT2D eigenvalue weighted by Crippen LogP contribution is -2.51. The minimum Gasteiger partial charge on any atom is -0.356 e. The first-order valence-electron chi connectivity index (χ1n) is 39.5. The van der Waals surface area contributed by atoms with Crippen LogP contribution in [0.1, 0.15) is 325 Å². The predicted octanol–water partition coefficient (Wildman–Crippen LogP) is 14.3. The minimum absolute atomic E-state index is 0.00295. The highest BCUT2D eigenvalue weighted by Crippen LogP contribution is 2.33. The number of nitrogens with two attached hydrogens (primary N) is 2. The molecule has 106 heavy (non-hydrogen) atoms. The molecule has 0 aromatic heterocycles. The molecule has 0 saturated carbocycles. The van der Waals surface area contributed by atoms with Gasteiger partial charge in [-0.2, -0.15) is 0 Å². The molecule has 8 unspecified atom stereocenters. The number of rotatable bonds is 40. The van der Waals surface area contributed by atoms with Gasteiger partial charge in [-0.1, -0.05) is 180 Å². The quantitative estimate of drug-likeness (QED) is 0.0255. The highest BCUT2D eigenvalue weighted by Gasteiger charge is 2.39. The monoisotopic (exact) mass is 1500 g/mol. The molecule has 0 radical (unpaired) electrons. The summed E-state index contributed by atoms with van der Waals surface area (Å²) in [6, 6.07) is -2.78. The number of carbonyl (C=O) groups is 12. The van der Waals surface area contributed by atoms with E-state index in [1.807, 2.05) is 132 Å². The topological polar surface area (TPSA) is 353 Å². The summed E-state index contributed by atoms with van der Waals surface area (Å²) >= 11 is 0. The Hall–Kier alpha value is -5.64. The molecule has 0 aliphatic carbocycles. The van der Waals surface area contributed by atoms with Crippen LogP contribution in [0.5, 0.6) is 0 Å². The van der Waals surface area contributed by atoms with Gasteiger partial charge in [0.25, 0.3) is 0 Å². The van der Waals surface area contributed by atoms with E-state index in [1.54, 1.807) is 0 Å². The summed E-state index contributed by atoms with van der Waals surface area (Å²) in [5, 5.41) is 23.4. The van der Waals surface area contributed by atoms with E-state index in [9.17, 15) is 57.5 Å². The van der Waals surface area contributed by atoms with E-state index in [0.717, 1.165) is 25.7 Å². The lowest BCUT2D eigenvalue weighted by molar-refractivity contribution is -0.135. The molecule has 0 aromatic carbocycles. The molecule has 8 atom stereocenters. The Bertz CT molecular complexity index is 2520. The molecule has 0 aliphatic heterocycles. The Morgan fingerprint density at radius 1 is 0.340 bits per heavy atom. The zero-order valence-corrected chi connectivity index (χ0v) is 73.7. The molecular weight excluding hydrogens is 1340 g/mol. The zero-order chi connectivity index (χ0) is 84.2. The van der Waals surface area contributed by atoms with Gasteiger partial charge in [-0.3, -0.25) is 47.9 Å². The normalized spacial score (nSPS) is 14.7. The van der Waals surface area contributed by atoms with E-state index in [0.29, 0.717) is 89.4 Å². The molecule has 22 heteroatoms. The second-order valence-corrected chi connectivity index (χ2v) is 39.8. The Balaban J connectivity index is -0.000000654. The van der Waals surface area contributed by atoms with Crippen molar-refractivity contribution in [3.8, 4) is 0 Å². The molecule has 0 fully saturated rings. The van der Waals surface area contributed by atoms with Gasteiger partial charge in [0.1, 0.15) is 17.3 Å². The maximum absolute atomic E-state index is 13.1. The van der Waals surface area contributed by atoms with Crippen molar-refractivity contribution in [1.29, 1.82) is 0 Å². The third kappa shape index (κ3) is 54.9. The molecule has 0 saturated heterocycles. The van der Waals surface area contributed by atoms with Crippen LogP contribution in [-0.2, 0) is 47.9 Å². The van der Waals surface area contributed by atoms with Crippen molar-refractivity contribution in [2.75, 3.05) is 26.2 Å². The minimum atomic E-state index is -0.585. The maximum atomic E-state index is 13.1. The fraction of sp³-hybridized carbons (Fsp3) is 0.857. The van der Waals surface area contributed by atoms with Gasteiger partial charge < -0.3 is 54.0 Å². The van der Waals surface area contributed by atoms with Gasteiger partial charge in [0.2, 0.25) is 23.6 Å². The lowest BCUT2D eigenvalue weighted by atomic mass is 9.77. The van der Waals surface area contributed by atoms with Crippen molar-refractivity contribution in [2.45, 2.75) is 361 Å². The van der Waals surface area contributed by atoms with Crippen LogP contribution >= 0.6 is 0 Å². The smallest absolute Gasteiger partial charge is 0.312 e. The number of primary amides is 2. The average molecular weight is 1500 g/mol. The standard InChI is InChI=1S/C22H42N2O3.C21H41N3O3.C21H40N2O3.C20H39N3O3/c1-15(2)13-18(24-22(7,8)9)19(26)14-17(20(27)21(4,5)6)11-10-12-23-16(3)25;1-14(2)12-15(13-20(3,4)5)18(26)24-16(17(25)21(6,7)8)10-9-11-23-19(22)27;1-14(2)18(23-21(7,8)9)17(25)13-16(19(26)20(4,5)6)11-10-12-22-15(3)24;1-13(2)14(12-19(3,4)5)17(25)23-15(16(24)20(6,7)8)10-9-11-22-18(21)26/h15,17-18,24H,10-14H2,1-9H3,(H,23,25);14-16H,9-13H2,1-8H3,(H,24,26)(H3,22,23,27);14,16,18,23H,10-13H2,1-9H3,(H,22,24);13-15H,9-12H2,1-8H3,(H,23,25)(H3,21,22,26). The number of hydrogen-bond acceptors (Lipinski definition) is 14. The van der Waals surface area contributed by atoms with Crippen LogP contribution in [0.4, 0.5) is 9.59 Å². The van der Waals surface area contributed by atoms with E-state index in [1.165, 1.54) is 13.8 Å². The summed E-state index contributed by atoms with van der Waals surface area (Å²) < 4.78 is 0. The van der Waals surface area contributed by atoms with Gasteiger partial charge in [-0.05, 0) is 153 Å². The van der Waals surface area contributed by atoms with E-state index in [-0.39, 0.29) is 141 Å². The Morgan fingerprint density at radius 2 is 0.660 bits per heavy atom. The fourth-order valence-electron chi connectivity index (χ4n) is 12.3. The highest BCUT2D eigenvalue weighted by atomic mass is 16.2. The Morgan fingerprint density at radius 3 is 0.943 bits per heavy atom. The number of nitrogens with one attached hydrogen (secondary N) is 8. The van der Waals surface area contributed by atoms with E-state index < -0.39 is 45.8 Å². The average Bonchev–Trinajstić information content (AvgIpc) is 0.930. The molecule has 0 spiro atoms. The molecule has 0 bridgehead atoms. The zero-order valence-electron chi connectivity index (χ0n) is 73.7. The van der Waals surface area contributed by atoms with Crippen molar-refractivity contribution in [1.82, 2.24) is 42.5 Å². The first-order valence-corrected chi connectivity index (χ1v) is 39.5. The Labute approximate surface area is 645 Å². The number of Topliss-reactive ketones (excluding diaryl/α,β-unsaturated/α-hetero) is 6. The van der Waals surface area contributed by atoms with Gasteiger partial charge in [0.05, 0.1) is 24.2 Å². The van der Waals surface area contributed by atoms with E-state index in [2.05, 4.69) is 133 Å². The summed E-state index contributed by atoms with van der Waals surface area (Å²) in [6.45, 7) is 68.9. The SMILES string of the molecule is CC(=O)NCCCC(CC(=O)C(CC(C)C)NC(C)(C)C)C(=O)C(C)(C)C.CC(=O)NCCCC(CC(=O)C(NC(C)(C)C)C(C)C)C(=O)C(C)(C)C.CC(C)C(CC(C)(C)C)C(=O)NC(CCCNC(N)=O)C(=O)C(C)(C)C.CC(C)CC(CC(C)(C)C)C(=O)NC(CCCNC(N)=O)C(=O)C(C)(C)C. The van der Waals surface area contributed by atoms with Gasteiger partial charge in [-0.15, -0.1) is 0 Å². The summed E-state index contributed by atoms with van der Waals surface area (Å²) in [6.07, 6.45) is 8.32. The van der Waals surface area contributed by atoms with Crippen molar-refractivity contribution < 1.29 is 57.5 Å². The molecule has 0 aliphatic rings. The number of carbonyl (C=O) groups excluding carboxylic acids is 12. The number of amides is 8. The first kappa shape index (κ1) is 107. The van der Waals surface area contributed by atoms with Crippen LogP contribution in [0, 0.1) is 79.8 Å². The van der Waals surface area contributed by atoms with Gasteiger partial charge in [0, 0.05) is 109 Å². The second kappa shape index (κ2) is 48.8. The summed E-state index contributed by atoms with van der Waals surface area (Å²) in [7, 11) is 0. The van der Waals surface area contributed by atoms with Gasteiger partial charge in [0.15, 0.2) is 17.3 Å². The maximum Gasteiger partial charge on any atom is 0.312 e. The second-order valence-electron chi connectivity index (χ2n) is 39.8. The third-order valence-corrected chi connectivity index (χ3v) is 17.3. The molecule has 0 rings (SSSR count). The fourth-order valence-corrected chi connectivity index (χ4v) is 12.3. The molecule has 12 N–H and O–H groups in total. The van der Waals surface area contributed by atoms with Crippen LogP contribution in [0.15, 0.2) is 0 Å². The van der Waals surface area contributed by atoms with Gasteiger partial charge >= 0.3 is 12.1 Å². The van der Waals surface area contributed by atoms with Crippen LogP contribution in [-0.4, -0.2) is 132 Å².